The van der Waals surface area contributed by atoms with Gasteiger partial charge in [0.25, 0.3) is 0 Å². The summed E-state index contributed by atoms with van der Waals surface area (Å²) in [4.78, 5) is 5.63. The average Bonchev–Trinajstić information content (AvgIpc) is 2.54. The maximum absolute atomic E-state index is 5.31. The van der Waals surface area contributed by atoms with Gasteiger partial charge < -0.3 is 10.1 Å². The second kappa shape index (κ2) is 4.37. The zero-order chi connectivity index (χ0) is 8.55. The molecule has 13 heavy (non-hydrogen) atoms. The third kappa shape index (κ3) is 1.86. The lowest BCUT2D eigenvalue weighted by molar-refractivity contribution is 0.0891. The number of aromatic nitrogens is 1. The summed E-state index contributed by atoms with van der Waals surface area (Å²) in [7, 11) is 1.73. The monoisotopic (exact) mass is 220 g/mol. The highest BCUT2D eigenvalue weighted by molar-refractivity contribution is 7.09. The molecule has 0 saturated heterocycles. The predicted molar refractivity (Wildman–Crippen MR) is 55.5 cm³/mol. The first-order valence-electron chi connectivity index (χ1n) is 4.02. The molecule has 5 heteroatoms. The van der Waals surface area contributed by atoms with Crippen LogP contribution in [0.25, 0.3) is 0 Å². The fourth-order valence-corrected chi connectivity index (χ4v) is 2.37. The zero-order valence-electron chi connectivity index (χ0n) is 7.61. The van der Waals surface area contributed by atoms with Crippen LogP contribution in [0.3, 0.4) is 0 Å². The number of rotatable bonds is 1. The number of hydrogen-bond donors (Lipinski definition) is 1. The van der Waals surface area contributed by atoms with Crippen molar-refractivity contribution in [2.24, 2.45) is 0 Å². The molecule has 0 radical (unpaired) electrons. The highest BCUT2D eigenvalue weighted by Gasteiger charge is 2.26. The van der Waals surface area contributed by atoms with E-state index >= 15 is 0 Å². The second-order valence-corrected chi connectivity index (χ2v) is 3.84. The molecule has 3 nitrogen and oxygen atoms in total. The van der Waals surface area contributed by atoms with Crippen molar-refractivity contribution < 1.29 is 4.74 Å². The Balaban J connectivity index is 0.000000845. The Morgan fingerprint density at radius 3 is 3.15 bits per heavy atom. The van der Waals surface area contributed by atoms with E-state index in [2.05, 4.69) is 17.2 Å². The maximum atomic E-state index is 5.31. The minimum atomic E-state index is 0. The summed E-state index contributed by atoms with van der Waals surface area (Å²) >= 11 is 1.70. The molecule has 74 valence electrons. The van der Waals surface area contributed by atoms with Crippen LogP contribution in [-0.4, -0.2) is 18.6 Å². The van der Waals surface area contributed by atoms with E-state index in [0.29, 0.717) is 6.04 Å². The summed E-state index contributed by atoms with van der Waals surface area (Å²) in [5.74, 6) is 0. The van der Waals surface area contributed by atoms with Gasteiger partial charge in [0.15, 0.2) is 0 Å². The summed E-state index contributed by atoms with van der Waals surface area (Å²) < 4.78 is 5.31. The minimum absolute atomic E-state index is 0. The van der Waals surface area contributed by atoms with Crippen molar-refractivity contribution in [2.45, 2.75) is 19.1 Å². The van der Waals surface area contributed by atoms with Crippen molar-refractivity contribution >= 4 is 23.7 Å². The third-order valence-electron chi connectivity index (χ3n) is 2.22. The van der Waals surface area contributed by atoms with Gasteiger partial charge in [0.1, 0.15) is 6.10 Å². The van der Waals surface area contributed by atoms with E-state index in [0.717, 1.165) is 12.2 Å². The number of hydrogen-bond acceptors (Lipinski definition) is 4. The smallest absolute Gasteiger partial charge is 0.113 e. The summed E-state index contributed by atoms with van der Waals surface area (Å²) in [6.07, 6.45) is 0.141. The Morgan fingerprint density at radius 2 is 2.46 bits per heavy atom. The van der Waals surface area contributed by atoms with Crippen molar-refractivity contribution in [1.82, 2.24) is 10.3 Å². The molecule has 0 aromatic carbocycles. The van der Waals surface area contributed by atoms with Crippen LogP contribution in [-0.2, 0) is 4.74 Å². The average molecular weight is 221 g/mol. The van der Waals surface area contributed by atoms with Crippen LogP contribution in [0.5, 0.6) is 0 Å². The van der Waals surface area contributed by atoms with E-state index in [1.807, 2.05) is 5.51 Å². The first kappa shape index (κ1) is 10.9. The third-order valence-corrected chi connectivity index (χ3v) is 3.24. The second-order valence-electron chi connectivity index (χ2n) is 2.96. The van der Waals surface area contributed by atoms with E-state index < -0.39 is 0 Å². The maximum Gasteiger partial charge on any atom is 0.113 e. The van der Waals surface area contributed by atoms with Gasteiger partial charge >= 0.3 is 0 Å². The quantitative estimate of drug-likeness (QED) is 0.785. The normalized spacial score (nSPS) is 26.3. The van der Waals surface area contributed by atoms with Crippen molar-refractivity contribution in [2.75, 3.05) is 13.7 Å². The Morgan fingerprint density at radius 1 is 1.69 bits per heavy atom. The number of nitrogens with zero attached hydrogens (tertiary/aromatic N) is 1. The summed E-state index contributed by atoms with van der Waals surface area (Å²) in [5, 5.41) is 3.37. The van der Waals surface area contributed by atoms with E-state index in [1.54, 1.807) is 18.4 Å². The van der Waals surface area contributed by atoms with Crippen LogP contribution < -0.4 is 5.32 Å². The SMILES string of the molecule is CO[C@@H]1CN[C@@H](C)c2scnc21.Cl. The Labute approximate surface area is 87.9 Å². The van der Waals surface area contributed by atoms with Crippen LogP contribution in [0.4, 0.5) is 0 Å². The van der Waals surface area contributed by atoms with E-state index in [4.69, 9.17) is 4.74 Å². The number of halogens is 1. The van der Waals surface area contributed by atoms with E-state index in [1.165, 1.54) is 4.88 Å². The summed E-state index contributed by atoms with van der Waals surface area (Å²) in [6.45, 7) is 3.03. The van der Waals surface area contributed by atoms with Crippen molar-refractivity contribution in [3.63, 3.8) is 0 Å². The number of nitrogens with one attached hydrogen (secondary N) is 1. The fourth-order valence-electron chi connectivity index (χ4n) is 1.50. The van der Waals surface area contributed by atoms with Gasteiger partial charge in [-0.2, -0.15) is 0 Å². The van der Waals surface area contributed by atoms with Gasteiger partial charge in [0, 0.05) is 24.6 Å². The Bertz CT molecular complexity index is 279. The number of ether oxygens (including phenoxy) is 1. The topological polar surface area (TPSA) is 34.1 Å². The lowest BCUT2D eigenvalue weighted by Crippen LogP contribution is -2.31. The lowest BCUT2D eigenvalue weighted by Gasteiger charge is -2.25. The number of methoxy groups -OCH3 is 1. The minimum Gasteiger partial charge on any atom is -0.374 e. The fraction of sp³-hybridized carbons (Fsp3) is 0.625. The molecule has 1 aliphatic heterocycles. The van der Waals surface area contributed by atoms with Gasteiger partial charge in [-0.15, -0.1) is 23.7 Å². The standard InChI is InChI=1S/C8H12N2OS.ClH/c1-5-8-7(10-4-12-8)6(11-2)3-9-5;/h4-6,9H,3H2,1-2H3;1H/t5-,6+;/m0./s1. The molecule has 0 spiro atoms. The Kier molecular flexibility index (Phi) is 3.67. The molecule has 1 N–H and O–H groups in total. The Hall–Kier alpha value is -0.160. The molecular weight excluding hydrogens is 208 g/mol. The van der Waals surface area contributed by atoms with E-state index in [9.17, 15) is 0 Å². The van der Waals surface area contributed by atoms with Crippen LogP contribution in [0, 0.1) is 0 Å². The molecule has 2 heterocycles. The number of fused-ring (bicyclic) bond motifs is 1. The molecular formula is C8H13ClN2OS. The van der Waals surface area contributed by atoms with Crippen LogP contribution in [0.2, 0.25) is 0 Å². The van der Waals surface area contributed by atoms with Crippen molar-refractivity contribution in [3.8, 4) is 0 Å². The molecule has 2 atom stereocenters. The van der Waals surface area contributed by atoms with Crippen LogP contribution in [0.15, 0.2) is 5.51 Å². The van der Waals surface area contributed by atoms with Gasteiger partial charge in [-0.1, -0.05) is 0 Å². The molecule has 0 unspecified atom stereocenters. The van der Waals surface area contributed by atoms with Gasteiger partial charge in [-0.05, 0) is 6.92 Å². The molecule has 1 aliphatic rings. The molecule has 0 fully saturated rings. The van der Waals surface area contributed by atoms with Crippen LogP contribution >= 0.6 is 23.7 Å². The molecule has 1 aromatic heterocycles. The van der Waals surface area contributed by atoms with Gasteiger partial charge in [-0.3, -0.25) is 0 Å². The molecule has 0 bridgehead atoms. The van der Waals surface area contributed by atoms with Gasteiger partial charge in [0.2, 0.25) is 0 Å². The van der Waals surface area contributed by atoms with E-state index in [-0.39, 0.29) is 18.5 Å². The highest BCUT2D eigenvalue weighted by Crippen LogP contribution is 2.31. The predicted octanol–water partition coefficient (Wildman–Crippen LogP) is 1.92. The summed E-state index contributed by atoms with van der Waals surface area (Å²) in [6, 6.07) is 0.430. The van der Waals surface area contributed by atoms with Crippen molar-refractivity contribution in [1.29, 1.82) is 0 Å². The zero-order valence-corrected chi connectivity index (χ0v) is 9.24. The molecule has 2 rings (SSSR count). The molecule has 0 amide bonds. The first-order valence-corrected chi connectivity index (χ1v) is 4.90. The van der Waals surface area contributed by atoms with Crippen LogP contribution in [0.1, 0.15) is 29.6 Å². The van der Waals surface area contributed by atoms with Crippen molar-refractivity contribution in [3.05, 3.63) is 16.1 Å². The lowest BCUT2D eigenvalue weighted by atomic mass is 10.1. The molecule has 0 saturated carbocycles. The largest absolute Gasteiger partial charge is 0.374 e. The summed E-state index contributed by atoms with van der Waals surface area (Å²) in [5.41, 5.74) is 3.01. The molecule has 1 aromatic rings. The first-order chi connectivity index (χ1) is 5.83. The molecule has 0 aliphatic carbocycles. The number of thiazole rings is 1. The van der Waals surface area contributed by atoms with Gasteiger partial charge in [-0.25, -0.2) is 4.98 Å². The van der Waals surface area contributed by atoms with Gasteiger partial charge in [0.05, 0.1) is 11.2 Å². The highest BCUT2D eigenvalue weighted by atomic mass is 35.5.